The van der Waals surface area contributed by atoms with E-state index in [9.17, 15) is 0 Å². The summed E-state index contributed by atoms with van der Waals surface area (Å²) in [5.41, 5.74) is 4.78. The van der Waals surface area contributed by atoms with Crippen LogP contribution in [0.3, 0.4) is 0 Å². The summed E-state index contributed by atoms with van der Waals surface area (Å²) in [6, 6.07) is 6.07. The molecule has 2 aromatic rings. The molecule has 0 bridgehead atoms. The van der Waals surface area contributed by atoms with Gasteiger partial charge in [-0.15, -0.1) is 0 Å². The second-order valence-electron chi connectivity index (χ2n) is 7.42. The van der Waals surface area contributed by atoms with Gasteiger partial charge in [-0.05, 0) is 39.7 Å². The van der Waals surface area contributed by atoms with E-state index in [0.29, 0.717) is 6.10 Å². The Balaban J connectivity index is 1.86. The van der Waals surface area contributed by atoms with Gasteiger partial charge in [-0.1, -0.05) is 12.1 Å². The summed E-state index contributed by atoms with van der Waals surface area (Å²) in [5, 5.41) is 4.70. The lowest BCUT2D eigenvalue weighted by molar-refractivity contribution is 0.0674. The fourth-order valence-electron chi connectivity index (χ4n) is 4.07. The van der Waals surface area contributed by atoms with Crippen molar-refractivity contribution < 1.29 is 14.2 Å². The van der Waals surface area contributed by atoms with Crippen molar-refractivity contribution in [2.75, 3.05) is 27.4 Å². The zero-order valence-electron chi connectivity index (χ0n) is 17.8. The molecule has 0 spiro atoms. The second-order valence-corrected chi connectivity index (χ2v) is 7.42. The van der Waals surface area contributed by atoms with E-state index in [1.807, 2.05) is 12.1 Å². The molecule has 3 rings (SSSR count). The van der Waals surface area contributed by atoms with Crippen molar-refractivity contribution in [3.05, 3.63) is 40.7 Å². The first-order valence-electron chi connectivity index (χ1n) is 10.1. The lowest BCUT2D eigenvalue weighted by Crippen LogP contribution is -2.32. The van der Waals surface area contributed by atoms with E-state index in [1.165, 1.54) is 11.3 Å². The first-order valence-corrected chi connectivity index (χ1v) is 10.1. The summed E-state index contributed by atoms with van der Waals surface area (Å²) in [6.07, 6.45) is 2.56. The highest BCUT2D eigenvalue weighted by Gasteiger charge is 2.23. The minimum absolute atomic E-state index is 0.290. The minimum Gasteiger partial charge on any atom is -0.493 e. The van der Waals surface area contributed by atoms with E-state index in [-0.39, 0.29) is 0 Å². The molecule has 2 heterocycles. The number of rotatable bonds is 9. The standard InChI is InChI=1S/C22H33N3O3/c1-6-25-17(3)20(16(2)23-25)15-24(14-19-10-8-12-28-19)13-18-9-7-11-21(26-4)22(18)27-5/h7,9,11,19H,6,8,10,12-15H2,1-5H3/t19-/m0/s1. The summed E-state index contributed by atoms with van der Waals surface area (Å²) in [4.78, 5) is 2.45. The Morgan fingerprint density at radius 2 is 2.04 bits per heavy atom. The predicted octanol–water partition coefficient (Wildman–Crippen LogP) is 3.72. The van der Waals surface area contributed by atoms with Crippen LogP contribution >= 0.6 is 0 Å². The first-order chi connectivity index (χ1) is 13.6. The molecule has 6 heteroatoms. The third-order valence-electron chi connectivity index (χ3n) is 5.58. The Hall–Kier alpha value is -2.05. The Bertz CT molecular complexity index is 782. The topological polar surface area (TPSA) is 48.8 Å². The monoisotopic (exact) mass is 387 g/mol. The van der Waals surface area contributed by atoms with Gasteiger partial charge in [-0.2, -0.15) is 5.10 Å². The van der Waals surface area contributed by atoms with E-state index in [4.69, 9.17) is 19.3 Å². The van der Waals surface area contributed by atoms with Crippen molar-refractivity contribution >= 4 is 0 Å². The lowest BCUT2D eigenvalue weighted by atomic mass is 10.1. The molecule has 0 aliphatic carbocycles. The molecule has 6 nitrogen and oxygen atoms in total. The SMILES string of the molecule is CCn1nc(C)c(CN(Cc2cccc(OC)c2OC)C[C@@H]2CCCO2)c1C. The van der Waals surface area contributed by atoms with Gasteiger partial charge in [0.25, 0.3) is 0 Å². The van der Waals surface area contributed by atoms with Crippen molar-refractivity contribution in [2.45, 2.75) is 59.4 Å². The highest BCUT2D eigenvalue weighted by atomic mass is 16.5. The predicted molar refractivity (Wildman–Crippen MR) is 110 cm³/mol. The molecule has 1 atom stereocenters. The van der Waals surface area contributed by atoms with Crippen LogP contribution in [0.1, 0.15) is 42.3 Å². The molecule has 1 aromatic carbocycles. The molecule has 0 N–H and O–H groups in total. The number of hydrogen-bond donors (Lipinski definition) is 0. The number of nitrogens with zero attached hydrogens (tertiary/aromatic N) is 3. The Kier molecular flexibility index (Phi) is 6.97. The van der Waals surface area contributed by atoms with Crippen LogP contribution in [-0.4, -0.2) is 48.2 Å². The molecule has 154 valence electrons. The van der Waals surface area contributed by atoms with Crippen molar-refractivity contribution in [2.24, 2.45) is 0 Å². The molecule has 28 heavy (non-hydrogen) atoms. The van der Waals surface area contributed by atoms with Gasteiger partial charge in [-0.3, -0.25) is 9.58 Å². The molecule has 1 fully saturated rings. The quantitative estimate of drug-likeness (QED) is 0.656. The zero-order valence-corrected chi connectivity index (χ0v) is 17.8. The summed E-state index contributed by atoms with van der Waals surface area (Å²) in [5.74, 6) is 1.57. The van der Waals surface area contributed by atoms with Crippen LogP contribution in [0.15, 0.2) is 18.2 Å². The third kappa shape index (κ3) is 4.50. The normalized spacial score (nSPS) is 16.7. The number of hydrogen-bond acceptors (Lipinski definition) is 5. The Morgan fingerprint density at radius 1 is 1.21 bits per heavy atom. The molecule has 1 aromatic heterocycles. The van der Waals surface area contributed by atoms with Gasteiger partial charge >= 0.3 is 0 Å². The summed E-state index contributed by atoms with van der Waals surface area (Å²) < 4.78 is 19.2. The van der Waals surface area contributed by atoms with Gasteiger partial charge < -0.3 is 14.2 Å². The molecule has 1 saturated heterocycles. The number of benzene rings is 1. The smallest absolute Gasteiger partial charge is 0.165 e. The fourth-order valence-corrected chi connectivity index (χ4v) is 4.07. The molecule has 0 amide bonds. The van der Waals surface area contributed by atoms with Crippen LogP contribution in [0.4, 0.5) is 0 Å². The van der Waals surface area contributed by atoms with Crippen LogP contribution in [0, 0.1) is 13.8 Å². The highest BCUT2D eigenvalue weighted by molar-refractivity contribution is 5.46. The number of ether oxygens (including phenoxy) is 3. The van der Waals surface area contributed by atoms with Gasteiger partial charge in [-0.25, -0.2) is 0 Å². The Labute approximate surface area is 168 Å². The van der Waals surface area contributed by atoms with E-state index >= 15 is 0 Å². The van der Waals surface area contributed by atoms with Gasteiger partial charge in [0.05, 0.1) is 26.0 Å². The maximum Gasteiger partial charge on any atom is 0.165 e. The zero-order chi connectivity index (χ0) is 20.1. The number of methoxy groups -OCH3 is 2. The van der Waals surface area contributed by atoms with Gasteiger partial charge in [0.2, 0.25) is 0 Å². The molecule has 1 aliphatic rings. The fraction of sp³-hybridized carbons (Fsp3) is 0.591. The lowest BCUT2D eigenvalue weighted by Gasteiger charge is -2.26. The van der Waals surface area contributed by atoms with E-state index in [2.05, 4.69) is 36.4 Å². The molecule has 0 saturated carbocycles. The van der Waals surface area contributed by atoms with Crippen molar-refractivity contribution in [1.29, 1.82) is 0 Å². The van der Waals surface area contributed by atoms with E-state index in [0.717, 1.165) is 68.4 Å². The molecular weight excluding hydrogens is 354 g/mol. The number of aromatic nitrogens is 2. The summed E-state index contributed by atoms with van der Waals surface area (Å²) >= 11 is 0. The van der Waals surface area contributed by atoms with E-state index in [1.54, 1.807) is 14.2 Å². The molecular formula is C22H33N3O3. The molecule has 0 unspecified atom stereocenters. The Morgan fingerprint density at radius 3 is 2.64 bits per heavy atom. The first kappa shape index (κ1) is 20.7. The van der Waals surface area contributed by atoms with Crippen LogP contribution < -0.4 is 9.47 Å². The summed E-state index contributed by atoms with van der Waals surface area (Å²) in [6.45, 7) is 10.7. The second kappa shape index (κ2) is 9.43. The number of aryl methyl sites for hydroxylation is 2. The van der Waals surface area contributed by atoms with Crippen LogP contribution in [0.2, 0.25) is 0 Å². The van der Waals surface area contributed by atoms with Crippen LogP contribution in [0.25, 0.3) is 0 Å². The minimum atomic E-state index is 0.290. The maximum atomic E-state index is 5.93. The summed E-state index contributed by atoms with van der Waals surface area (Å²) in [7, 11) is 3.38. The van der Waals surface area contributed by atoms with E-state index < -0.39 is 0 Å². The third-order valence-corrected chi connectivity index (χ3v) is 5.58. The van der Waals surface area contributed by atoms with Gasteiger partial charge in [0, 0.05) is 49.6 Å². The van der Waals surface area contributed by atoms with Crippen molar-refractivity contribution in [3.63, 3.8) is 0 Å². The van der Waals surface area contributed by atoms with Crippen LogP contribution in [0.5, 0.6) is 11.5 Å². The average Bonchev–Trinajstić information content (AvgIpc) is 3.30. The van der Waals surface area contributed by atoms with Crippen molar-refractivity contribution in [1.82, 2.24) is 14.7 Å². The van der Waals surface area contributed by atoms with Crippen LogP contribution in [-0.2, 0) is 24.4 Å². The maximum absolute atomic E-state index is 5.93. The van der Waals surface area contributed by atoms with Crippen molar-refractivity contribution in [3.8, 4) is 11.5 Å². The number of para-hydroxylation sites is 1. The average molecular weight is 388 g/mol. The van der Waals surface area contributed by atoms with Gasteiger partial charge in [0.15, 0.2) is 11.5 Å². The van der Waals surface area contributed by atoms with Gasteiger partial charge in [0.1, 0.15) is 0 Å². The molecule has 1 aliphatic heterocycles. The highest BCUT2D eigenvalue weighted by Crippen LogP contribution is 2.32. The largest absolute Gasteiger partial charge is 0.493 e. The molecule has 0 radical (unpaired) electrons.